The molecule has 0 bridgehead atoms. The summed E-state index contributed by atoms with van der Waals surface area (Å²) in [6.07, 6.45) is 5.95. The molecule has 19 heavy (non-hydrogen) atoms. The van der Waals surface area contributed by atoms with Crippen molar-refractivity contribution in [1.29, 1.82) is 0 Å². The molecule has 2 atom stereocenters. The molecule has 5 heteroatoms. The quantitative estimate of drug-likeness (QED) is 0.819. The number of methoxy groups -OCH3 is 1. The molecule has 1 aromatic rings. The second kappa shape index (κ2) is 6.61. The van der Waals surface area contributed by atoms with Crippen LogP contribution in [0.5, 0.6) is 5.88 Å². The molecule has 0 saturated carbocycles. The number of hydrogen-bond donors (Lipinski definition) is 1. The third-order valence-corrected chi connectivity index (χ3v) is 3.77. The fourth-order valence-corrected chi connectivity index (χ4v) is 2.59. The highest BCUT2D eigenvalue weighted by atomic mass is 16.5. The third-order valence-electron chi connectivity index (χ3n) is 3.77. The van der Waals surface area contributed by atoms with Crippen molar-refractivity contribution in [2.45, 2.75) is 26.2 Å². The highest BCUT2D eigenvalue weighted by Gasteiger charge is 2.24. The minimum absolute atomic E-state index is 0.0167. The molecule has 0 aromatic carbocycles. The Bertz CT molecular complexity index is 430. The van der Waals surface area contributed by atoms with E-state index in [0.717, 1.165) is 13.1 Å². The summed E-state index contributed by atoms with van der Waals surface area (Å²) in [6, 6.07) is 0. The number of hydrogen-bond acceptors (Lipinski definition) is 5. The van der Waals surface area contributed by atoms with Gasteiger partial charge in [0.25, 0.3) is 0 Å². The van der Waals surface area contributed by atoms with E-state index >= 15 is 0 Å². The van der Waals surface area contributed by atoms with E-state index in [1.807, 2.05) is 0 Å². The van der Waals surface area contributed by atoms with Crippen molar-refractivity contribution in [3.05, 3.63) is 18.1 Å². The van der Waals surface area contributed by atoms with Crippen LogP contribution in [0.25, 0.3) is 0 Å². The summed E-state index contributed by atoms with van der Waals surface area (Å²) >= 11 is 0. The number of aromatic nitrogens is 2. The number of piperidine rings is 1. The van der Waals surface area contributed by atoms with Crippen LogP contribution in [-0.2, 0) is 0 Å². The molecule has 1 fully saturated rings. The summed E-state index contributed by atoms with van der Waals surface area (Å²) in [4.78, 5) is 20.4. The third kappa shape index (κ3) is 3.50. The maximum absolute atomic E-state index is 12.3. The predicted octanol–water partition coefficient (Wildman–Crippen LogP) is 1.69. The molecule has 1 aromatic heterocycles. The molecule has 0 spiro atoms. The molecule has 2 unspecified atom stereocenters. The number of carbonyl (C=O) groups is 1. The normalized spacial score (nSPS) is 20.8. The van der Waals surface area contributed by atoms with E-state index in [2.05, 4.69) is 22.2 Å². The van der Waals surface area contributed by atoms with E-state index in [1.54, 1.807) is 0 Å². The number of ether oxygens (including phenoxy) is 1. The largest absolute Gasteiger partial charge is 0.479 e. The Labute approximate surface area is 113 Å². The van der Waals surface area contributed by atoms with E-state index in [0.29, 0.717) is 29.8 Å². The first kappa shape index (κ1) is 13.9. The molecule has 2 rings (SSSR count). The van der Waals surface area contributed by atoms with Gasteiger partial charge in [-0.2, -0.15) is 0 Å². The summed E-state index contributed by atoms with van der Waals surface area (Å²) in [5.74, 6) is 1.26. The van der Waals surface area contributed by atoms with Crippen molar-refractivity contribution in [3.63, 3.8) is 0 Å². The van der Waals surface area contributed by atoms with Gasteiger partial charge in [0.15, 0.2) is 11.5 Å². The van der Waals surface area contributed by atoms with Crippen LogP contribution in [0.4, 0.5) is 0 Å². The van der Waals surface area contributed by atoms with E-state index in [9.17, 15) is 4.79 Å². The lowest BCUT2D eigenvalue weighted by atomic mass is 9.84. The first-order valence-electron chi connectivity index (χ1n) is 6.81. The SMILES string of the molecule is COc1nccnc1C(=O)CC(C)C1CCCNC1. The molecule has 0 radical (unpaired) electrons. The Morgan fingerprint density at radius 2 is 2.32 bits per heavy atom. The summed E-state index contributed by atoms with van der Waals surface area (Å²) in [6.45, 7) is 4.24. The maximum atomic E-state index is 12.3. The fraction of sp³-hybridized carbons (Fsp3) is 0.643. The smallest absolute Gasteiger partial charge is 0.243 e. The molecule has 1 aliphatic rings. The Balaban J connectivity index is 1.99. The van der Waals surface area contributed by atoms with Gasteiger partial charge in [0.2, 0.25) is 5.88 Å². The number of nitrogens with one attached hydrogen (secondary N) is 1. The van der Waals surface area contributed by atoms with Crippen LogP contribution in [-0.4, -0.2) is 36.0 Å². The minimum Gasteiger partial charge on any atom is -0.479 e. The molecule has 0 amide bonds. The zero-order valence-electron chi connectivity index (χ0n) is 11.6. The topological polar surface area (TPSA) is 64.1 Å². The van der Waals surface area contributed by atoms with E-state index in [1.165, 1.54) is 32.3 Å². The Hall–Kier alpha value is -1.49. The van der Waals surface area contributed by atoms with Crippen LogP contribution in [0.2, 0.25) is 0 Å². The maximum Gasteiger partial charge on any atom is 0.243 e. The van der Waals surface area contributed by atoms with Crippen LogP contribution in [0.1, 0.15) is 36.7 Å². The van der Waals surface area contributed by atoms with Gasteiger partial charge in [0.05, 0.1) is 7.11 Å². The number of rotatable bonds is 5. The number of nitrogens with zero attached hydrogens (tertiary/aromatic N) is 2. The van der Waals surface area contributed by atoms with Crippen molar-refractivity contribution < 1.29 is 9.53 Å². The standard InChI is InChI=1S/C14H21N3O2/c1-10(11-4-3-5-15-9-11)8-12(18)13-14(19-2)17-7-6-16-13/h6-7,10-11,15H,3-5,8-9H2,1-2H3. The Morgan fingerprint density at radius 3 is 3.00 bits per heavy atom. The number of Topliss-reactive ketones (excluding diaryl/α,β-unsaturated/α-hetero) is 1. The number of carbonyl (C=O) groups excluding carboxylic acids is 1. The highest BCUT2D eigenvalue weighted by Crippen LogP contribution is 2.25. The second-order valence-corrected chi connectivity index (χ2v) is 5.13. The van der Waals surface area contributed by atoms with Gasteiger partial charge in [-0.15, -0.1) is 0 Å². The van der Waals surface area contributed by atoms with Gasteiger partial charge in [-0.3, -0.25) is 4.79 Å². The molecule has 2 heterocycles. The van der Waals surface area contributed by atoms with Gasteiger partial charge < -0.3 is 10.1 Å². The zero-order valence-corrected chi connectivity index (χ0v) is 11.6. The lowest BCUT2D eigenvalue weighted by Gasteiger charge is -2.27. The van der Waals surface area contributed by atoms with Gasteiger partial charge in [0.1, 0.15) is 0 Å². The van der Waals surface area contributed by atoms with Crippen molar-refractivity contribution in [2.75, 3.05) is 20.2 Å². The minimum atomic E-state index is 0.0167. The van der Waals surface area contributed by atoms with E-state index < -0.39 is 0 Å². The van der Waals surface area contributed by atoms with Gasteiger partial charge in [-0.05, 0) is 37.8 Å². The Morgan fingerprint density at radius 1 is 1.53 bits per heavy atom. The summed E-state index contributed by atoms with van der Waals surface area (Å²) in [5, 5.41) is 3.39. The molecule has 1 aliphatic heterocycles. The van der Waals surface area contributed by atoms with E-state index in [4.69, 9.17) is 4.74 Å². The summed E-state index contributed by atoms with van der Waals surface area (Å²) in [5.41, 5.74) is 0.348. The lowest BCUT2D eigenvalue weighted by Crippen LogP contribution is -2.34. The summed E-state index contributed by atoms with van der Waals surface area (Å²) in [7, 11) is 1.51. The van der Waals surface area contributed by atoms with Crippen molar-refractivity contribution in [1.82, 2.24) is 15.3 Å². The van der Waals surface area contributed by atoms with Crippen molar-refractivity contribution in [3.8, 4) is 5.88 Å². The first-order valence-corrected chi connectivity index (χ1v) is 6.81. The lowest BCUT2D eigenvalue weighted by molar-refractivity contribution is 0.0934. The average molecular weight is 263 g/mol. The van der Waals surface area contributed by atoms with Gasteiger partial charge in [0, 0.05) is 18.8 Å². The highest BCUT2D eigenvalue weighted by molar-refractivity contribution is 5.96. The monoisotopic (exact) mass is 263 g/mol. The first-order chi connectivity index (χ1) is 9.22. The van der Waals surface area contributed by atoms with Gasteiger partial charge in [-0.1, -0.05) is 6.92 Å². The molecule has 0 aliphatic carbocycles. The predicted molar refractivity (Wildman–Crippen MR) is 72.3 cm³/mol. The van der Waals surface area contributed by atoms with Crippen LogP contribution in [0.3, 0.4) is 0 Å². The number of ketones is 1. The molecule has 104 valence electrons. The van der Waals surface area contributed by atoms with Crippen LogP contribution in [0, 0.1) is 11.8 Å². The second-order valence-electron chi connectivity index (χ2n) is 5.13. The molecule has 5 nitrogen and oxygen atoms in total. The van der Waals surface area contributed by atoms with Crippen molar-refractivity contribution in [2.24, 2.45) is 11.8 Å². The van der Waals surface area contributed by atoms with Crippen LogP contribution < -0.4 is 10.1 Å². The van der Waals surface area contributed by atoms with Gasteiger partial charge >= 0.3 is 0 Å². The fourth-order valence-electron chi connectivity index (χ4n) is 2.59. The Kier molecular flexibility index (Phi) is 4.85. The van der Waals surface area contributed by atoms with E-state index in [-0.39, 0.29) is 5.78 Å². The van der Waals surface area contributed by atoms with Crippen LogP contribution in [0.15, 0.2) is 12.4 Å². The van der Waals surface area contributed by atoms with Gasteiger partial charge in [-0.25, -0.2) is 9.97 Å². The zero-order chi connectivity index (χ0) is 13.7. The average Bonchev–Trinajstić information content (AvgIpc) is 2.48. The molecular weight excluding hydrogens is 242 g/mol. The molecule has 1 N–H and O–H groups in total. The summed E-state index contributed by atoms with van der Waals surface area (Å²) < 4.78 is 5.09. The van der Waals surface area contributed by atoms with Crippen LogP contribution >= 0.6 is 0 Å². The molecule has 1 saturated heterocycles. The van der Waals surface area contributed by atoms with Crippen molar-refractivity contribution >= 4 is 5.78 Å². The molecular formula is C14H21N3O2.